The van der Waals surface area contributed by atoms with E-state index in [1.54, 1.807) is 0 Å². The quantitative estimate of drug-likeness (QED) is 0.866. The highest BCUT2D eigenvalue weighted by molar-refractivity contribution is 9.10. The second-order valence-electron chi connectivity index (χ2n) is 3.31. The molecule has 0 fully saturated rings. The summed E-state index contributed by atoms with van der Waals surface area (Å²) in [6.45, 7) is 3.15. The Labute approximate surface area is 103 Å². The first-order valence-electron chi connectivity index (χ1n) is 4.53. The van der Waals surface area contributed by atoms with E-state index in [0.717, 1.165) is 21.5 Å². The van der Waals surface area contributed by atoms with Crippen LogP contribution in [0.1, 0.15) is 18.5 Å². The second kappa shape index (κ2) is 5.05. The molecule has 0 saturated carbocycles. The molecule has 1 aromatic carbocycles. The highest BCUT2D eigenvalue weighted by Crippen LogP contribution is 2.37. The van der Waals surface area contributed by atoms with Crippen molar-refractivity contribution in [3.8, 4) is 11.5 Å². The van der Waals surface area contributed by atoms with Crippen LogP contribution in [0.5, 0.6) is 11.5 Å². The average molecular weight is 295 g/mol. The van der Waals surface area contributed by atoms with Crippen molar-refractivity contribution in [2.45, 2.75) is 13.0 Å². The van der Waals surface area contributed by atoms with Crippen LogP contribution in [-0.4, -0.2) is 13.2 Å². The van der Waals surface area contributed by atoms with Crippen LogP contribution in [0, 0.1) is 0 Å². The molecular formula is C10H13BrClNO2. The Morgan fingerprint density at radius 1 is 1.27 bits per heavy atom. The third-order valence-corrected chi connectivity index (χ3v) is 2.84. The zero-order valence-electron chi connectivity index (χ0n) is 8.33. The standard InChI is InChI=1S/C10H12BrNO2.ClH/c1-6(12)7-4-9-10(5-8(7)11)14-3-2-13-9;/h4-6H,2-3,12H2,1H3;1H. The normalized spacial score (nSPS) is 15.4. The van der Waals surface area contributed by atoms with Gasteiger partial charge < -0.3 is 15.2 Å². The number of fused-ring (bicyclic) bond motifs is 1. The molecule has 0 radical (unpaired) electrons. The number of nitrogens with two attached hydrogens (primary N) is 1. The van der Waals surface area contributed by atoms with Crippen molar-refractivity contribution in [2.75, 3.05) is 13.2 Å². The van der Waals surface area contributed by atoms with Gasteiger partial charge in [-0.1, -0.05) is 15.9 Å². The van der Waals surface area contributed by atoms with Gasteiger partial charge in [-0.3, -0.25) is 0 Å². The third kappa shape index (κ3) is 2.56. The van der Waals surface area contributed by atoms with Crippen molar-refractivity contribution < 1.29 is 9.47 Å². The van der Waals surface area contributed by atoms with Gasteiger partial charge in [0.2, 0.25) is 0 Å². The predicted molar refractivity (Wildman–Crippen MR) is 65.0 cm³/mol. The molecular weight excluding hydrogens is 281 g/mol. The fourth-order valence-electron chi connectivity index (χ4n) is 1.43. The van der Waals surface area contributed by atoms with Crippen LogP contribution in [0.2, 0.25) is 0 Å². The minimum atomic E-state index is -0.0137. The number of rotatable bonds is 1. The molecule has 5 heteroatoms. The van der Waals surface area contributed by atoms with Gasteiger partial charge in [-0.2, -0.15) is 0 Å². The number of hydrogen-bond donors (Lipinski definition) is 1. The van der Waals surface area contributed by atoms with E-state index in [4.69, 9.17) is 15.2 Å². The van der Waals surface area contributed by atoms with E-state index in [-0.39, 0.29) is 18.4 Å². The summed E-state index contributed by atoms with van der Waals surface area (Å²) in [5.74, 6) is 1.57. The lowest BCUT2D eigenvalue weighted by Crippen LogP contribution is -2.16. The van der Waals surface area contributed by atoms with Gasteiger partial charge in [0.05, 0.1) is 0 Å². The molecule has 2 rings (SSSR count). The third-order valence-electron chi connectivity index (χ3n) is 2.15. The summed E-state index contributed by atoms with van der Waals surface area (Å²) in [5, 5.41) is 0. The number of ether oxygens (including phenoxy) is 2. The number of halogens is 2. The molecule has 0 saturated heterocycles. The van der Waals surface area contributed by atoms with E-state index >= 15 is 0 Å². The maximum atomic E-state index is 5.82. The lowest BCUT2D eigenvalue weighted by atomic mass is 10.1. The van der Waals surface area contributed by atoms with Crippen molar-refractivity contribution in [3.05, 3.63) is 22.2 Å². The summed E-state index contributed by atoms with van der Waals surface area (Å²) in [5.41, 5.74) is 6.86. The van der Waals surface area contributed by atoms with Crippen molar-refractivity contribution in [1.82, 2.24) is 0 Å². The van der Waals surface area contributed by atoms with Crippen LogP contribution in [0.3, 0.4) is 0 Å². The summed E-state index contributed by atoms with van der Waals surface area (Å²) in [7, 11) is 0. The first-order valence-corrected chi connectivity index (χ1v) is 5.32. The first-order chi connectivity index (χ1) is 6.68. The highest BCUT2D eigenvalue weighted by Gasteiger charge is 2.16. The molecule has 1 atom stereocenters. The van der Waals surface area contributed by atoms with Crippen LogP contribution in [-0.2, 0) is 0 Å². The van der Waals surface area contributed by atoms with Gasteiger partial charge in [0, 0.05) is 10.5 Å². The van der Waals surface area contributed by atoms with Crippen LogP contribution < -0.4 is 15.2 Å². The monoisotopic (exact) mass is 293 g/mol. The summed E-state index contributed by atoms with van der Waals surface area (Å²) < 4.78 is 11.9. The largest absolute Gasteiger partial charge is 0.486 e. The van der Waals surface area contributed by atoms with Crippen molar-refractivity contribution >= 4 is 28.3 Å². The number of benzene rings is 1. The Hall–Kier alpha value is -0.450. The molecule has 0 amide bonds. The van der Waals surface area contributed by atoms with E-state index in [1.165, 1.54) is 0 Å². The topological polar surface area (TPSA) is 44.5 Å². The Balaban J connectivity index is 0.00000112. The van der Waals surface area contributed by atoms with Gasteiger partial charge >= 0.3 is 0 Å². The minimum Gasteiger partial charge on any atom is -0.486 e. The van der Waals surface area contributed by atoms with Gasteiger partial charge in [-0.15, -0.1) is 12.4 Å². The molecule has 0 spiro atoms. The Kier molecular flexibility index (Phi) is 4.25. The summed E-state index contributed by atoms with van der Waals surface area (Å²) in [6.07, 6.45) is 0. The minimum absolute atomic E-state index is 0. The molecule has 2 N–H and O–H groups in total. The zero-order valence-corrected chi connectivity index (χ0v) is 10.7. The molecule has 1 aliphatic rings. The van der Waals surface area contributed by atoms with Crippen molar-refractivity contribution in [2.24, 2.45) is 5.73 Å². The van der Waals surface area contributed by atoms with E-state index in [2.05, 4.69) is 15.9 Å². The zero-order chi connectivity index (χ0) is 10.1. The van der Waals surface area contributed by atoms with Crippen LogP contribution in [0.4, 0.5) is 0 Å². The lowest BCUT2D eigenvalue weighted by Gasteiger charge is -2.20. The molecule has 3 nitrogen and oxygen atoms in total. The summed E-state index contributed by atoms with van der Waals surface area (Å²) in [6, 6.07) is 3.83. The van der Waals surface area contributed by atoms with E-state index in [1.807, 2.05) is 19.1 Å². The van der Waals surface area contributed by atoms with Crippen LogP contribution in [0.15, 0.2) is 16.6 Å². The fraction of sp³-hybridized carbons (Fsp3) is 0.400. The van der Waals surface area contributed by atoms with Gasteiger partial charge in [0.15, 0.2) is 11.5 Å². The molecule has 0 aliphatic carbocycles. The van der Waals surface area contributed by atoms with E-state index in [9.17, 15) is 0 Å². The Morgan fingerprint density at radius 3 is 2.33 bits per heavy atom. The smallest absolute Gasteiger partial charge is 0.162 e. The van der Waals surface area contributed by atoms with Crippen molar-refractivity contribution in [1.29, 1.82) is 0 Å². The van der Waals surface area contributed by atoms with E-state index < -0.39 is 0 Å². The molecule has 1 unspecified atom stereocenters. The van der Waals surface area contributed by atoms with Gasteiger partial charge in [-0.25, -0.2) is 0 Å². The number of hydrogen-bond acceptors (Lipinski definition) is 3. The van der Waals surface area contributed by atoms with Crippen LogP contribution >= 0.6 is 28.3 Å². The predicted octanol–water partition coefficient (Wildman–Crippen LogP) is 2.66. The maximum absolute atomic E-state index is 5.82. The summed E-state index contributed by atoms with van der Waals surface area (Å²) >= 11 is 3.46. The Bertz CT molecular complexity index is 358. The lowest BCUT2D eigenvalue weighted by molar-refractivity contribution is 0.171. The van der Waals surface area contributed by atoms with Gasteiger partial charge in [0.25, 0.3) is 0 Å². The SMILES string of the molecule is CC(N)c1cc2c(cc1Br)OCCO2.Cl. The molecule has 84 valence electrons. The summed E-state index contributed by atoms with van der Waals surface area (Å²) in [4.78, 5) is 0. The first kappa shape index (κ1) is 12.6. The van der Waals surface area contributed by atoms with E-state index in [0.29, 0.717) is 13.2 Å². The fourth-order valence-corrected chi connectivity index (χ4v) is 2.11. The van der Waals surface area contributed by atoms with Gasteiger partial charge in [-0.05, 0) is 24.6 Å². The van der Waals surface area contributed by atoms with Crippen LogP contribution in [0.25, 0.3) is 0 Å². The highest BCUT2D eigenvalue weighted by atomic mass is 79.9. The molecule has 1 heterocycles. The molecule has 1 aromatic rings. The molecule has 0 bridgehead atoms. The second-order valence-corrected chi connectivity index (χ2v) is 4.16. The molecule has 0 aromatic heterocycles. The van der Waals surface area contributed by atoms with Gasteiger partial charge in [0.1, 0.15) is 13.2 Å². The molecule has 1 aliphatic heterocycles. The molecule has 15 heavy (non-hydrogen) atoms. The maximum Gasteiger partial charge on any atom is 0.162 e. The van der Waals surface area contributed by atoms with Crippen molar-refractivity contribution in [3.63, 3.8) is 0 Å². The Morgan fingerprint density at radius 2 is 1.80 bits per heavy atom. The average Bonchev–Trinajstić information content (AvgIpc) is 2.16.